The summed E-state index contributed by atoms with van der Waals surface area (Å²) in [6.45, 7) is 16.7. The quantitative estimate of drug-likeness (QED) is 0.0913. The molecule has 48 heavy (non-hydrogen) atoms. The molecule has 0 spiro atoms. The predicted molar refractivity (Wildman–Crippen MR) is 186 cm³/mol. The van der Waals surface area contributed by atoms with Gasteiger partial charge in [-0.25, -0.2) is 0 Å². The Morgan fingerprint density at radius 3 is 2.54 bits per heavy atom. The molecule has 1 saturated heterocycles. The lowest BCUT2D eigenvalue weighted by molar-refractivity contribution is -0.139. The molecule has 3 atom stereocenters. The van der Waals surface area contributed by atoms with Crippen molar-refractivity contribution in [2.24, 2.45) is 5.41 Å². The maximum absolute atomic E-state index is 14.4. The molecule has 1 saturated carbocycles. The van der Waals surface area contributed by atoms with E-state index in [0.717, 1.165) is 41.8 Å². The van der Waals surface area contributed by atoms with Gasteiger partial charge in [0.1, 0.15) is 23.8 Å². The fourth-order valence-electron chi connectivity index (χ4n) is 7.34. The number of fused-ring (bicyclic) bond motifs is 2. The van der Waals surface area contributed by atoms with Gasteiger partial charge in [-0.3, -0.25) is 28.8 Å². The van der Waals surface area contributed by atoms with Gasteiger partial charge in [-0.05, 0) is 101 Å². The molecule has 3 aromatic rings. The molecule has 0 N–H and O–H groups in total. The molecule has 1 aliphatic heterocycles. The van der Waals surface area contributed by atoms with Crippen molar-refractivity contribution in [3.8, 4) is 5.75 Å². The van der Waals surface area contributed by atoms with Gasteiger partial charge < -0.3 is 9.64 Å². The highest BCUT2D eigenvalue weighted by molar-refractivity contribution is 6.06. The van der Waals surface area contributed by atoms with Gasteiger partial charge in [0.2, 0.25) is 5.91 Å². The average molecular weight is 653 g/mol. The van der Waals surface area contributed by atoms with Crippen LogP contribution in [0.3, 0.4) is 0 Å². The lowest BCUT2D eigenvalue weighted by Gasteiger charge is -2.27. The lowest BCUT2D eigenvalue weighted by atomic mass is 9.90. The number of pyridine rings is 1. The molecule has 2 aromatic heterocycles. The van der Waals surface area contributed by atoms with E-state index in [1.807, 2.05) is 58.0 Å². The number of ether oxygens (including phenoxy) is 1. The molecule has 2 fully saturated rings. The largest absolute Gasteiger partial charge is 0.491 e. The van der Waals surface area contributed by atoms with E-state index in [1.54, 1.807) is 15.7 Å². The van der Waals surface area contributed by atoms with Crippen LogP contribution in [0.4, 0.5) is 0 Å². The Morgan fingerprint density at radius 1 is 1.08 bits per heavy atom. The number of rotatable bonds is 17. The topological polar surface area (TPSA) is 111 Å². The van der Waals surface area contributed by atoms with E-state index in [0.29, 0.717) is 48.8 Å². The van der Waals surface area contributed by atoms with E-state index in [9.17, 15) is 19.2 Å². The SMILES string of the molecule is C=CCCCC(=O)CC[C@@]12C[C@@H](C(=O)Cc3nc(C)ccc3C)N(C(=O)Cn3nc(C(C)=O)c4cc(OC(C)C)cc(CC=C)c43)[C@@H]1C2. The summed E-state index contributed by atoms with van der Waals surface area (Å²) < 4.78 is 7.59. The van der Waals surface area contributed by atoms with Crippen molar-refractivity contribution in [2.75, 3.05) is 0 Å². The van der Waals surface area contributed by atoms with E-state index in [4.69, 9.17) is 4.74 Å². The van der Waals surface area contributed by atoms with Crippen LogP contribution in [-0.2, 0) is 33.8 Å². The van der Waals surface area contributed by atoms with Crippen LogP contribution < -0.4 is 4.74 Å². The number of amides is 1. The summed E-state index contributed by atoms with van der Waals surface area (Å²) in [5.74, 6) is 0.336. The van der Waals surface area contributed by atoms with Gasteiger partial charge in [-0.2, -0.15) is 5.10 Å². The summed E-state index contributed by atoms with van der Waals surface area (Å²) in [5, 5.41) is 5.28. The molecule has 2 aliphatic rings. The van der Waals surface area contributed by atoms with Gasteiger partial charge in [0.25, 0.3) is 0 Å². The second kappa shape index (κ2) is 14.4. The van der Waals surface area contributed by atoms with Gasteiger partial charge in [0, 0.05) is 36.9 Å². The number of Topliss-reactive ketones (excluding diaryl/α,β-unsaturated/α-hetero) is 3. The normalized spacial score (nSPS) is 19.8. The fourth-order valence-corrected chi connectivity index (χ4v) is 7.34. The van der Waals surface area contributed by atoms with E-state index >= 15 is 0 Å². The molecule has 0 radical (unpaired) electrons. The first-order valence-corrected chi connectivity index (χ1v) is 17.1. The minimum absolute atomic E-state index is 0.0500. The first-order chi connectivity index (χ1) is 22.9. The third-order valence-corrected chi connectivity index (χ3v) is 9.78. The van der Waals surface area contributed by atoms with Crippen molar-refractivity contribution in [1.82, 2.24) is 19.7 Å². The van der Waals surface area contributed by atoms with Crippen molar-refractivity contribution < 1.29 is 23.9 Å². The molecular formula is C39H48N4O5. The molecular weight excluding hydrogens is 604 g/mol. The maximum Gasteiger partial charge on any atom is 0.245 e. The molecule has 1 aromatic carbocycles. The van der Waals surface area contributed by atoms with Crippen LogP contribution in [0.15, 0.2) is 49.6 Å². The second-order valence-corrected chi connectivity index (χ2v) is 13.9. The van der Waals surface area contributed by atoms with Crippen molar-refractivity contribution in [3.63, 3.8) is 0 Å². The van der Waals surface area contributed by atoms with Crippen LogP contribution in [0.5, 0.6) is 5.75 Å². The van der Waals surface area contributed by atoms with Crippen LogP contribution in [0, 0.1) is 19.3 Å². The number of allylic oxidation sites excluding steroid dienone is 2. The predicted octanol–water partition coefficient (Wildman–Crippen LogP) is 6.64. The number of aromatic nitrogens is 3. The maximum atomic E-state index is 14.4. The molecule has 254 valence electrons. The fraction of sp³-hybridized carbons (Fsp3) is 0.487. The number of benzene rings is 1. The summed E-state index contributed by atoms with van der Waals surface area (Å²) in [4.78, 5) is 60.3. The Kier molecular flexibility index (Phi) is 10.5. The van der Waals surface area contributed by atoms with E-state index in [-0.39, 0.29) is 59.5 Å². The highest BCUT2D eigenvalue weighted by Gasteiger charge is 2.66. The number of carbonyl (C=O) groups excluding carboxylic acids is 4. The Labute approximate surface area is 283 Å². The van der Waals surface area contributed by atoms with Crippen molar-refractivity contribution in [1.29, 1.82) is 0 Å². The zero-order valence-corrected chi connectivity index (χ0v) is 29.0. The van der Waals surface area contributed by atoms with Crippen molar-refractivity contribution in [3.05, 3.63) is 77.8 Å². The van der Waals surface area contributed by atoms with Crippen LogP contribution >= 0.6 is 0 Å². The number of piperidine rings is 1. The van der Waals surface area contributed by atoms with Crippen LogP contribution in [0.2, 0.25) is 0 Å². The van der Waals surface area contributed by atoms with Gasteiger partial charge >= 0.3 is 0 Å². The number of nitrogens with zero attached hydrogens (tertiary/aromatic N) is 4. The van der Waals surface area contributed by atoms with Gasteiger partial charge in [0.15, 0.2) is 11.6 Å². The van der Waals surface area contributed by atoms with Gasteiger partial charge in [-0.1, -0.05) is 18.2 Å². The number of carbonyl (C=O) groups is 4. The van der Waals surface area contributed by atoms with Crippen LogP contribution in [0.25, 0.3) is 10.9 Å². The van der Waals surface area contributed by atoms with Gasteiger partial charge in [-0.15, -0.1) is 13.2 Å². The Balaban J connectivity index is 1.46. The summed E-state index contributed by atoms with van der Waals surface area (Å²) in [5.41, 5.74) is 4.02. The number of aryl methyl sites for hydroxylation is 2. The highest BCUT2D eigenvalue weighted by atomic mass is 16.5. The van der Waals surface area contributed by atoms with E-state index < -0.39 is 6.04 Å². The Morgan fingerprint density at radius 2 is 1.85 bits per heavy atom. The molecule has 9 heteroatoms. The van der Waals surface area contributed by atoms with E-state index in [2.05, 4.69) is 23.2 Å². The number of likely N-dealkylation sites (tertiary alicyclic amines) is 1. The van der Waals surface area contributed by atoms with E-state index in [1.165, 1.54) is 6.92 Å². The van der Waals surface area contributed by atoms with Crippen LogP contribution in [0.1, 0.15) is 98.7 Å². The second-order valence-electron chi connectivity index (χ2n) is 13.9. The third kappa shape index (κ3) is 7.35. The number of ketones is 3. The molecule has 1 aliphatic carbocycles. The minimum atomic E-state index is -0.623. The first-order valence-electron chi connectivity index (χ1n) is 17.1. The number of unbranched alkanes of at least 4 members (excludes halogenated alkanes) is 1. The molecule has 3 heterocycles. The standard InChI is InChI=1S/C39H48N4O5/c1-8-10-11-13-29(45)16-17-39-21-33(34(46)20-32-25(5)14-15-26(6)40-32)43(35(39)22-39)36(47)23-42-38-28(12-9-2)18-30(48-24(3)4)19-31(38)37(41-42)27(7)44/h8-9,14-15,18-19,24,33,35H,1-2,10-13,16-17,20-23H2,3-7H3/t33-,35+,39-/m0/s1. The Hall–Kier alpha value is -4.40. The highest BCUT2D eigenvalue weighted by Crippen LogP contribution is 2.62. The average Bonchev–Trinajstić information content (AvgIpc) is 3.43. The number of hydrogen-bond donors (Lipinski definition) is 0. The smallest absolute Gasteiger partial charge is 0.245 e. The molecule has 0 bridgehead atoms. The monoisotopic (exact) mass is 652 g/mol. The van der Waals surface area contributed by atoms with Crippen LogP contribution in [-0.4, -0.2) is 61.1 Å². The molecule has 0 unspecified atom stereocenters. The molecule has 9 nitrogen and oxygen atoms in total. The molecule has 5 rings (SSSR count). The zero-order valence-electron chi connectivity index (χ0n) is 29.0. The van der Waals surface area contributed by atoms with Crippen molar-refractivity contribution in [2.45, 2.75) is 117 Å². The summed E-state index contributed by atoms with van der Waals surface area (Å²) in [6, 6.07) is 6.86. The summed E-state index contributed by atoms with van der Waals surface area (Å²) >= 11 is 0. The Bertz CT molecular complexity index is 1770. The molecule has 1 amide bonds. The van der Waals surface area contributed by atoms with Gasteiger partial charge in [0.05, 0.1) is 29.8 Å². The summed E-state index contributed by atoms with van der Waals surface area (Å²) in [6.07, 6.45) is 8.64. The third-order valence-electron chi connectivity index (χ3n) is 9.78. The zero-order chi connectivity index (χ0) is 34.7. The minimum Gasteiger partial charge on any atom is -0.491 e. The number of hydrogen-bond acceptors (Lipinski definition) is 7. The lowest BCUT2D eigenvalue weighted by Crippen LogP contribution is -2.45. The van der Waals surface area contributed by atoms with Crippen molar-refractivity contribution >= 4 is 34.2 Å². The summed E-state index contributed by atoms with van der Waals surface area (Å²) in [7, 11) is 0. The first kappa shape index (κ1) is 34.9.